The van der Waals surface area contributed by atoms with Gasteiger partial charge in [-0.25, -0.2) is 4.98 Å². The lowest BCUT2D eigenvalue weighted by Crippen LogP contribution is -2.44. The van der Waals surface area contributed by atoms with Crippen LogP contribution in [0.1, 0.15) is 26.4 Å². The second-order valence-electron chi connectivity index (χ2n) is 5.46. The largest absolute Gasteiger partial charge is 0.349 e. The molecule has 116 valence electrons. The Bertz CT molecular complexity index is 883. The third kappa shape index (κ3) is 2.44. The predicted octanol–water partition coefficient (Wildman–Crippen LogP) is 4.06. The number of nitrogens with zero attached hydrogens (tertiary/aromatic N) is 2. The van der Waals surface area contributed by atoms with E-state index in [1.807, 2.05) is 38.2 Å². The summed E-state index contributed by atoms with van der Waals surface area (Å²) in [6, 6.07) is 11.8. The first kappa shape index (κ1) is 14.4. The average molecular weight is 341 g/mol. The van der Waals surface area contributed by atoms with E-state index in [0.717, 1.165) is 31.7 Å². The van der Waals surface area contributed by atoms with Crippen molar-refractivity contribution >= 4 is 34.3 Å². The summed E-state index contributed by atoms with van der Waals surface area (Å²) >= 11 is 3.33. The maximum atomic E-state index is 12.4. The molecule has 4 rings (SSSR count). The van der Waals surface area contributed by atoms with Crippen molar-refractivity contribution in [3.63, 3.8) is 0 Å². The van der Waals surface area contributed by atoms with Gasteiger partial charge in [-0.3, -0.25) is 4.79 Å². The molecule has 1 unspecified atom stereocenters. The third-order valence-corrected chi connectivity index (χ3v) is 5.89. The number of para-hydroxylation sites is 1. The summed E-state index contributed by atoms with van der Waals surface area (Å²) in [5.41, 5.74) is 2.69. The molecule has 2 aromatic heterocycles. The first-order chi connectivity index (χ1) is 11.1. The van der Waals surface area contributed by atoms with Gasteiger partial charge in [0.25, 0.3) is 5.91 Å². The van der Waals surface area contributed by atoms with E-state index in [2.05, 4.69) is 32.7 Å². The third-order valence-electron chi connectivity index (χ3n) is 3.95. The molecule has 0 aliphatic carbocycles. The van der Waals surface area contributed by atoms with Crippen LogP contribution in [0.5, 0.6) is 0 Å². The lowest BCUT2D eigenvalue weighted by atomic mass is 10.1. The minimum atomic E-state index is -0.143. The van der Waals surface area contributed by atoms with Crippen molar-refractivity contribution in [1.82, 2.24) is 10.3 Å². The molecule has 4 nitrogen and oxygen atoms in total. The zero-order valence-electron chi connectivity index (χ0n) is 12.7. The van der Waals surface area contributed by atoms with Gasteiger partial charge < -0.3 is 10.2 Å². The van der Waals surface area contributed by atoms with E-state index >= 15 is 0 Å². The minimum Gasteiger partial charge on any atom is -0.349 e. The zero-order valence-corrected chi connectivity index (χ0v) is 14.4. The Hall–Kier alpha value is -2.18. The van der Waals surface area contributed by atoms with Crippen LogP contribution in [0.25, 0.3) is 10.6 Å². The molecule has 0 saturated carbocycles. The Morgan fingerprint density at radius 2 is 2.04 bits per heavy atom. The maximum absolute atomic E-state index is 12.4. The monoisotopic (exact) mass is 341 g/mol. The van der Waals surface area contributed by atoms with Crippen molar-refractivity contribution in [1.29, 1.82) is 0 Å². The Kier molecular flexibility index (Phi) is 3.43. The normalized spacial score (nSPS) is 17.0. The highest BCUT2D eigenvalue weighted by Gasteiger charge is 2.30. The quantitative estimate of drug-likeness (QED) is 0.764. The SMILES string of the molecule is Cc1nc(-c2ccc(C3NC(=O)c4ccccc4N3C)s2)cs1. The van der Waals surface area contributed by atoms with Crippen LogP contribution in [0, 0.1) is 6.92 Å². The molecule has 1 N–H and O–H groups in total. The van der Waals surface area contributed by atoms with Crippen LogP contribution >= 0.6 is 22.7 Å². The van der Waals surface area contributed by atoms with Gasteiger partial charge in [0.1, 0.15) is 6.17 Å². The molecular formula is C17H15N3OS2. The van der Waals surface area contributed by atoms with Crippen LogP contribution in [-0.2, 0) is 0 Å². The molecule has 1 aliphatic rings. The first-order valence-corrected chi connectivity index (χ1v) is 8.98. The average Bonchev–Trinajstić information content (AvgIpc) is 3.20. The molecule has 0 saturated heterocycles. The second kappa shape index (κ2) is 5.47. The van der Waals surface area contributed by atoms with E-state index < -0.39 is 0 Å². The van der Waals surface area contributed by atoms with E-state index in [9.17, 15) is 4.79 Å². The van der Waals surface area contributed by atoms with Crippen LogP contribution in [0.15, 0.2) is 41.8 Å². The molecule has 3 heterocycles. The van der Waals surface area contributed by atoms with Gasteiger partial charge in [0.2, 0.25) is 0 Å². The van der Waals surface area contributed by atoms with Gasteiger partial charge in [0, 0.05) is 17.3 Å². The van der Waals surface area contributed by atoms with E-state index in [0.29, 0.717) is 0 Å². The molecule has 1 atom stereocenters. The summed E-state index contributed by atoms with van der Waals surface area (Å²) in [5, 5.41) is 6.22. The van der Waals surface area contributed by atoms with Crippen LogP contribution in [0.3, 0.4) is 0 Å². The number of carbonyl (C=O) groups excluding carboxylic acids is 1. The smallest absolute Gasteiger partial charge is 0.255 e. The van der Waals surface area contributed by atoms with Crippen LogP contribution in [-0.4, -0.2) is 17.9 Å². The molecular weight excluding hydrogens is 326 g/mol. The highest BCUT2D eigenvalue weighted by molar-refractivity contribution is 7.16. The Morgan fingerprint density at radius 1 is 1.22 bits per heavy atom. The fourth-order valence-electron chi connectivity index (χ4n) is 2.79. The van der Waals surface area contributed by atoms with Gasteiger partial charge in [0.05, 0.1) is 26.8 Å². The standard InChI is InChI=1S/C17H15N3OS2/c1-10-18-12(9-22-10)14-7-8-15(23-14)16-19-17(21)11-5-3-4-6-13(11)20(16)2/h3-9,16H,1-2H3,(H,19,21). The summed E-state index contributed by atoms with van der Waals surface area (Å²) in [7, 11) is 2.01. The van der Waals surface area contributed by atoms with Gasteiger partial charge in [-0.05, 0) is 31.2 Å². The first-order valence-electron chi connectivity index (χ1n) is 7.28. The number of aryl methyl sites for hydroxylation is 1. The lowest BCUT2D eigenvalue weighted by molar-refractivity contribution is 0.0929. The Morgan fingerprint density at radius 3 is 2.83 bits per heavy atom. The highest BCUT2D eigenvalue weighted by Crippen LogP contribution is 2.37. The molecule has 1 aliphatic heterocycles. The van der Waals surface area contributed by atoms with Gasteiger partial charge >= 0.3 is 0 Å². The van der Waals surface area contributed by atoms with Gasteiger partial charge in [-0.2, -0.15) is 0 Å². The minimum absolute atomic E-state index is 0.0249. The molecule has 3 aromatic rings. The lowest BCUT2D eigenvalue weighted by Gasteiger charge is -2.35. The maximum Gasteiger partial charge on any atom is 0.255 e. The van der Waals surface area contributed by atoms with Crippen LogP contribution in [0.4, 0.5) is 5.69 Å². The van der Waals surface area contributed by atoms with E-state index in [1.54, 1.807) is 22.7 Å². The summed E-state index contributed by atoms with van der Waals surface area (Å²) in [6.45, 7) is 2.01. The highest BCUT2D eigenvalue weighted by atomic mass is 32.1. The summed E-state index contributed by atoms with van der Waals surface area (Å²) in [6.07, 6.45) is -0.143. The molecule has 0 bridgehead atoms. The number of hydrogen-bond donors (Lipinski definition) is 1. The molecule has 0 radical (unpaired) electrons. The number of amides is 1. The van der Waals surface area contributed by atoms with Gasteiger partial charge in [0.15, 0.2) is 0 Å². The number of nitrogens with one attached hydrogen (secondary N) is 1. The number of fused-ring (bicyclic) bond motifs is 1. The number of hydrogen-bond acceptors (Lipinski definition) is 5. The van der Waals surface area contributed by atoms with E-state index in [1.165, 1.54) is 0 Å². The van der Waals surface area contributed by atoms with E-state index in [-0.39, 0.29) is 12.1 Å². The van der Waals surface area contributed by atoms with Crippen molar-refractivity contribution in [2.75, 3.05) is 11.9 Å². The number of rotatable bonds is 2. The van der Waals surface area contributed by atoms with Gasteiger partial charge in [-0.1, -0.05) is 12.1 Å². The summed E-state index contributed by atoms with van der Waals surface area (Å²) < 4.78 is 0. The number of benzene rings is 1. The number of carbonyl (C=O) groups is 1. The Balaban J connectivity index is 1.69. The van der Waals surface area contributed by atoms with Crippen LogP contribution < -0.4 is 10.2 Å². The van der Waals surface area contributed by atoms with Crippen molar-refractivity contribution < 1.29 is 4.79 Å². The Labute approximate surface area is 142 Å². The predicted molar refractivity (Wildman–Crippen MR) is 95.2 cm³/mol. The topological polar surface area (TPSA) is 45.2 Å². The van der Waals surface area contributed by atoms with Crippen molar-refractivity contribution in [2.24, 2.45) is 0 Å². The molecule has 1 aromatic carbocycles. The zero-order chi connectivity index (χ0) is 16.0. The fraction of sp³-hybridized carbons (Fsp3) is 0.176. The van der Waals surface area contributed by atoms with Crippen molar-refractivity contribution in [2.45, 2.75) is 13.1 Å². The van der Waals surface area contributed by atoms with Gasteiger partial charge in [-0.15, -0.1) is 22.7 Å². The molecule has 0 fully saturated rings. The molecule has 23 heavy (non-hydrogen) atoms. The second-order valence-corrected chi connectivity index (χ2v) is 7.64. The number of thiazole rings is 1. The van der Waals surface area contributed by atoms with Crippen LogP contribution in [0.2, 0.25) is 0 Å². The number of thiophene rings is 1. The van der Waals surface area contributed by atoms with Crippen molar-refractivity contribution in [3.8, 4) is 10.6 Å². The molecule has 0 spiro atoms. The molecule has 1 amide bonds. The van der Waals surface area contributed by atoms with E-state index in [4.69, 9.17) is 0 Å². The number of anilines is 1. The molecule has 6 heteroatoms. The van der Waals surface area contributed by atoms with Crippen molar-refractivity contribution in [3.05, 3.63) is 57.2 Å². The fourth-order valence-corrected chi connectivity index (χ4v) is 4.54. The summed E-state index contributed by atoms with van der Waals surface area (Å²) in [5.74, 6) is -0.0249. The summed E-state index contributed by atoms with van der Waals surface area (Å²) in [4.78, 5) is 21.2. The number of aromatic nitrogens is 1.